The average Bonchev–Trinajstić information content (AvgIpc) is 2.95. The number of nitrogens with two attached hydrogens (primary N) is 2. The zero-order chi connectivity index (χ0) is 34.7. The number of nitrogens with one attached hydrogen (secondary N) is 1. The zero-order valence-electron chi connectivity index (χ0n) is 27.8. The van der Waals surface area contributed by atoms with Crippen molar-refractivity contribution in [1.82, 2.24) is 5.32 Å². The summed E-state index contributed by atoms with van der Waals surface area (Å²) in [4.78, 5) is 43.6. The summed E-state index contributed by atoms with van der Waals surface area (Å²) in [5.74, 6) is -2.14. The van der Waals surface area contributed by atoms with Crippen molar-refractivity contribution >= 4 is 23.8 Å². The van der Waals surface area contributed by atoms with Crippen LogP contribution < -0.4 is 21.5 Å². The summed E-state index contributed by atoms with van der Waals surface area (Å²) < 4.78 is 10.9. The number of rotatable bonds is 20. The SMILES string of the molecule is COCCCOc1cccc(C[C@@H](C[C@H](N)[C@@H](O)C[C@H](C(=O)NCC(C)(C)C(N)=O)C(C)C)C(C)C)c1.O=C(O)/C=C/C(=O)O. The first kappa shape index (κ1) is 41.5. The van der Waals surface area contributed by atoms with Crippen LogP contribution in [0, 0.1) is 29.1 Å². The number of methoxy groups -OCH3 is 1. The third kappa shape index (κ3) is 18.2. The minimum atomic E-state index is -1.26. The summed E-state index contributed by atoms with van der Waals surface area (Å²) >= 11 is 0. The summed E-state index contributed by atoms with van der Waals surface area (Å²) in [6.07, 6.45) is 2.85. The highest BCUT2D eigenvalue weighted by Crippen LogP contribution is 2.27. The number of hydrogen-bond donors (Lipinski definition) is 6. The Hall–Kier alpha value is -3.48. The van der Waals surface area contributed by atoms with Gasteiger partial charge in [0.15, 0.2) is 0 Å². The van der Waals surface area contributed by atoms with E-state index in [1.54, 1.807) is 21.0 Å². The van der Waals surface area contributed by atoms with Gasteiger partial charge in [0.1, 0.15) is 5.75 Å². The number of benzene rings is 1. The van der Waals surface area contributed by atoms with Crippen LogP contribution in [-0.2, 0) is 30.3 Å². The maximum Gasteiger partial charge on any atom is 0.328 e. The number of aliphatic carboxylic acids is 2. The maximum absolute atomic E-state index is 12.9. The quantitative estimate of drug-likeness (QED) is 0.0908. The summed E-state index contributed by atoms with van der Waals surface area (Å²) in [5, 5.41) is 29.4. The van der Waals surface area contributed by atoms with Crippen molar-refractivity contribution in [3.63, 3.8) is 0 Å². The van der Waals surface area contributed by atoms with Gasteiger partial charge in [-0.1, -0.05) is 39.8 Å². The van der Waals surface area contributed by atoms with Gasteiger partial charge in [-0.25, -0.2) is 9.59 Å². The fraction of sp³-hybridized carbons (Fsp3) is 0.636. The molecule has 2 amide bonds. The number of carbonyl (C=O) groups excluding carboxylic acids is 2. The molecule has 45 heavy (non-hydrogen) atoms. The highest BCUT2D eigenvalue weighted by atomic mass is 16.5. The van der Waals surface area contributed by atoms with E-state index in [4.69, 9.17) is 31.2 Å². The van der Waals surface area contributed by atoms with E-state index in [1.165, 1.54) is 5.56 Å². The van der Waals surface area contributed by atoms with E-state index >= 15 is 0 Å². The molecule has 256 valence electrons. The number of carboxylic acid groups (broad SMARTS) is 2. The second-order valence-corrected chi connectivity index (χ2v) is 12.6. The monoisotopic (exact) mass is 637 g/mol. The van der Waals surface area contributed by atoms with Crippen molar-refractivity contribution in [2.24, 2.45) is 40.6 Å². The van der Waals surface area contributed by atoms with Gasteiger partial charge in [0.25, 0.3) is 0 Å². The molecule has 0 aliphatic carbocycles. The molecule has 0 bridgehead atoms. The van der Waals surface area contributed by atoms with E-state index in [9.17, 15) is 24.3 Å². The number of carboxylic acids is 2. The summed E-state index contributed by atoms with van der Waals surface area (Å²) in [5.41, 5.74) is 12.2. The molecule has 0 spiro atoms. The van der Waals surface area contributed by atoms with Crippen LogP contribution in [0.25, 0.3) is 0 Å². The Balaban J connectivity index is 0.00000212. The van der Waals surface area contributed by atoms with E-state index in [0.29, 0.717) is 37.7 Å². The topological polar surface area (TPSA) is 211 Å². The van der Waals surface area contributed by atoms with E-state index in [2.05, 4.69) is 31.3 Å². The number of primary amides is 1. The highest BCUT2D eigenvalue weighted by molar-refractivity contribution is 5.89. The number of carbonyl (C=O) groups is 4. The largest absolute Gasteiger partial charge is 0.493 e. The van der Waals surface area contributed by atoms with Gasteiger partial charge in [-0.05, 0) is 68.6 Å². The highest BCUT2D eigenvalue weighted by Gasteiger charge is 2.32. The predicted molar refractivity (Wildman–Crippen MR) is 172 cm³/mol. The van der Waals surface area contributed by atoms with E-state index in [0.717, 1.165) is 18.6 Å². The molecule has 0 radical (unpaired) electrons. The van der Waals surface area contributed by atoms with Gasteiger partial charge in [0.05, 0.1) is 18.1 Å². The van der Waals surface area contributed by atoms with Crippen molar-refractivity contribution in [3.05, 3.63) is 42.0 Å². The van der Waals surface area contributed by atoms with Crippen LogP contribution in [0.5, 0.6) is 5.75 Å². The van der Waals surface area contributed by atoms with Crippen LogP contribution in [0.4, 0.5) is 0 Å². The number of aliphatic hydroxyl groups is 1. The number of aliphatic hydroxyl groups excluding tert-OH is 1. The molecular formula is C33H55N3O9. The van der Waals surface area contributed by atoms with Gasteiger partial charge in [0.2, 0.25) is 11.8 Å². The average molecular weight is 638 g/mol. The Labute approximate surface area is 267 Å². The molecule has 0 aliphatic heterocycles. The molecule has 0 unspecified atom stereocenters. The normalized spacial score (nSPS) is 14.3. The van der Waals surface area contributed by atoms with Gasteiger partial charge < -0.3 is 41.6 Å². The molecule has 0 saturated carbocycles. The molecule has 1 rings (SSSR count). The van der Waals surface area contributed by atoms with E-state index in [-0.39, 0.29) is 30.7 Å². The van der Waals surface area contributed by atoms with Gasteiger partial charge in [-0.15, -0.1) is 0 Å². The van der Waals surface area contributed by atoms with Crippen molar-refractivity contribution in [2.45, 2.75) is 79.4 Å². The maximum atomic E-state index is 12.9. The predicted octanol–water partition coefficient (Wildman–Crippen LogP) is 3.00. The summed E-state index contributed by atoms with van der Waals surface area (Å²) in [6, 6.07) is 7.65. The molecule has 0 aromatic heterocycles. The van der Waals surface area contributed by atoms with Crippen molar-refractivity contribution in [2.75, 3.05) is 26.9 Å². The molecule has 8 N–H and O–H groups in total. The van der Waals surface area contributed by atoms with Gasteiger partial charge in [0, 0.05) is 50.8 Å². The number of amides is 2. The number of hydrogen-bond acceptors (Lipinski definition) is 8. The second kappa shape index (κ2) is 21.3. The van der Waals surface area contributed by atoms with Crippen molar-refractivity contribution < 1.29 is 44.0 Å². The molecule has 1 aromatic carbocycles. The molecule has 0 saturated heterocycles. The van der Waals surface area contributed by atoms with Crippen molar-refractivity contribution in [1.29, 1.82) is 0 Å². The second-order valence-electron chi connectivity index (χ2n) is 12.6. The van der Waals surface area contributed by atoms with Gasteiger partial charge in [-0.2, -0.15) is 0 Å². The standard InChI is InChI=1S/C29H51N3O5.C4H4O4/c1-19(2)22(14-21-10-8-11-23(15-21)37-13-9-12-36-7)16-25(30)26(33)17-24(20(3)4)27(34)32-18-29(5,6)28(31)35;5-3(6)1-2-4(7)8/h8,10-11,15,19-20,22,24-26,33H,9,12-14,16-18,30H2,1-7H3,(H2,31,35)(H,32,34);1-2H,(H,5,6)(H,7,8)/b;2-1+/t22-,24-,25-,26-;/m0./s1. The van der Waals surface area contributed by atoms with E-state index in [1.807, 2.05) is 26.0 Å². The summed E-state index contributed by atoms with van der Waals surface area (Å²) in [6.45, 7) is 13.0. The molecule has 1 aromatic rings. The smallest absolute Gasteiger partial charge is 0.328 e. The Morgan fingerprint density at radius 3 is 2.07 bits per heavy atom. The molecule has 0 aliphatic rings. The number of ether oxygens (including phenoxy) is 2. The van der Waals surface area contributed by atoms with Crippen LogP contribution in [0.3, 0.4) is 0 Å². The molecule has 0 fully saturated rings. The van der Waals surface area contributed by atoms with Crippen LogP contribution in [-0.4, -0.2) is 78.1 Å². The molecule has 12 heteroatoms. The van der Waals surface area contributed by atoms with Crippen molar-refractivity contribution in [3.8, 4) is 5.75 Å². The third-order valence-corrected chi connectivity index (χ3v) is 7.55. The minimum absolute atomic E-state index is 0.00562. The van der Waals surface area contributed by atoms with Gasteiger partial charge >= 0.3 is 11.9 Å². The zero-order valence-corrected chi connectivity index (χ0v) is 27.8. The van der Waals surface area contributed by atoms with Crippen LogP contribution in [0.2, 0.25) is 0 Å². The Morgan fingerprint density at radius 1 is 0.978 bits per heavy atom. The Bertz CT molecular complexity index is 1070. The molecular weight excluding hydrogens is 582 g/mol. The fourth-order valence-corrected chi connectivity index (χ4v) is 4.34. The van der Waals surface area contributed by atoms with Gasteiger partial charge in [-0.3, -0.25) is 9.59 Å². The first-order valence-electron chi connectivity index (χ1n) is 15.3. The first-order chi connectivity index (χ1) is 20.9. The first-order valence-corrected chi connectivity index (χ1v) is 15.3. The third-order valence-electron chi connectivity index (χ3n) is 7.55. The lowest BCUT2D eigenvalue weighted by atomic mass is 9.80. The molecule has 4 atom stereocenters. The molecule has 0 heterocycles. The van der Waals surface area contributed by atoms with Crippen LogP contribution in [0.1, 0.15) is 66.4 Å². The Kier molecular flexibility index (Phi) is 19.6. The lowest BCUT2D eigenvalue weighted by Crippen LogP contribution is -2.46. The lowest BCUT2D eigenvalue weighted by molar-refractivity contribution is -0.134. The minimum Gasteiger partial charge on any atom is -0.493 e. The van der Waals surface area contributed by atoms with E-state index < -0.39 is 41.3 Å². The van der Waals surface area contributed by atoms with Crippen LogP contribution >= 0.6 is 0 Å². The fourth-order valence-electron chi connectivity index (χ4n) is 4.34. The summed E-state index contributed by atoms with van der Waals surface area (Å²) in [7, 11) is 1.68. The Morgan fingerprint density at radius 2 is 1.58 bits per heavy atom. The molecule has 12 nitrogen and oxygen atoms in total. The lowest BCUT2D eigenvalue weighted by Gasteiger charge is -2.30. The van der Waals surface area contributed by atoms with Crippen LogP contribution in [0.15, 0.2) is 36.4 Å².